The van der Waals surface area contributed by atoms with Gasteiger partial charge in [0.25, 0.3) is 0 Å². The summed E-state index contributed by atoms with van der Waals surface area (Å²) in [6, 6.07) is 15.6. The van der Waals surface area contributed by atoms with Crippen LogP contribution in [0.2, 0.25) is 5.02 Å². The Morgan fingerprint density at radius 1 is 1.04 bits per heavy atom. The Bertz CT molecular complexity index is 701. The minimum Gasteiger partial charge on any atom is -0.325 e. The van der Waals surface area contributed by atoms with E-state index in [1.165, 1.54) is 12.8 Å². The first-order chi connectivity index (χ1) is 11.7. The van der Waals surface area contributed by atoms with Crippen LogP contribution in [0.1, 0.15) is 19.3 Å². The van der Waals surface area contributed by atoms with Gasteiger partial charge in [-0.05, 0) is 50.2 Å². The summed E-state index contributed by atoms with van der Waals surface area (Å²) < 4.78 is 0. The van der Waals surface area contributed by atoms with Crippen LogP contribution in [-0.4, -0.2) is 30.4 Å². The van der Waals surface area contributed by atoms with E-state index in [9.17, 15) is 4.79 Å². The number of benzene rings is 2. The molecule has 2 aromatic rings. The number of amides is 1. The Hall–Kier alpha value is -1.49. The zero-order valence-electron chi connectivity index (χ0n) is 13.5. The molecule has 0 saturated carbocycles. The van der Waals surface area contributed by atoms with Crippen molar-refractivity contribution >= 4 is 35.0 Å². The van der Waals surface area contributed by atoms with Crippen LogP contribution >= 0.6 is 23.4 Å². The Morgan fingerprint density at radius 2 is 1.71 bits per heavy atom. The van der Waals surface area contributed by atoms with Gasteiger partial charge in [-0.2, -0.15) is 0 Å². The first-order valence-electron chi connectivity index (χ1n) is 8.26. The SMILES string of the molecule is O=C(CCN1CCCC1)Nc1ccccc1Sc1ccccc1Cl. The average molecular weight is 361 g/mol. The number of nitrogens with zero attached hydrogens (tertiary/aromatic N) is 1. The molecule has 3 rings (SSSR count). The van der Waals surface area contributed by atoms with Crippen LogP contribution < -0.4 is 5.32 Å². The van der Waals surface area contributed by atoms with Crippen molar-refractivity contribution in [2.75, 3.05) is 25.0 Å². The van der Waals surface area contributed by atoms with Crippen molar-refractivity contribution in [2.24, 2.45) is 0 Å². The number of carbonyl (C=O) groups excluding carboxylic acids is 1. The molecule has 0 atom stereocenters. The number of likely N-dealkylation sites (tertiary alicyclic amines) is 1. The first-order valence-corrected chi connectivity index (χ1v) is 9.45. The Labute approximate surface area is 152 Å². The number of hydrogen-bond acceptors (Lipinski definition) is 3. The lowest BCUT2D eigenvalue weighted by atomic mass is 10.3. The molecule has 5 heteroatoms. The predicted octanol–water partition coefficient (Wildman–Crippen LogP) is 4.92. The van der Waals surface area contributed by atoms with E-state index >= 15 is 0 Å². The van der Waals surface area contributed by atoms with Crippen LogP contribution in [0.15, 0.2) is 58.3 Å². The molecule has 1 aliphatic heterocycles. The summed E-state index contributed by atoms with van der Waals surface area (Å²) in [7, 11) is 0. The second-order valence-electron chi connectivity index (χ2n) is 5.88. The highest BCUT2D eigenvalue weighted by Crippen LogP contribution is 2.37. The number of halogens is 1. The molecular weight excluding hydrogens is 340 g/mol. The van der Waals surface area contributed by atoms with Crippen molar-refractivity contribution in [2.45, 2.75) is 29.1 Å². The molecule has 0 radical (unpaired) electrons. The molecule has 24 heavy (non-hydrogen) atoms. The minimum absolute atomic E-state index is 0.0640. The fourth-order valence-electron chi connectivity index (χ4n) is 2.78. The second kappa shape index (κ2) is 8.56. The lowest BCUT2D eigenvalue weighted by Crippen LogP contribution is -2.25. The lowest BCUT2D eigenvalue weighted by molar-refractivity contribution is -0.116. The number of rotatable bonds is 6. The molecule has 1 fully saturated rings. The molecular formula is C19H21ClN2OS. The van der Waals surface area contributed by atoms with Crippen molar-refractivity contribution < 1.29 is 4.79 Å². The van der Waals surface area contributed by atoms with Crippen LogP contribution in [0.25, 0.3) is 0 Å². The van der Waals surface area contributed by atoms with Gasteiger partial charge < -0.3 is 10.2 Å². The van der Waals surface area contributed by atoms with Gasteiger partial charge in [0.05, 0.1) is 10.7 Å². The van der Waals surface area contributed by atoms with Gasteiger partial charge in [0, 0.05) is 22.8 Å². The quantitative estimate of drug-likeness (QED) is 0.793. The third-order valence-corrected chi connectivity index (χ3v) is 5.66. The van der Waals surface area contributed by atoms with Crippen LogP contribution in [-0.2, 0) is 4.79 Å². The summed E-state index contributed by atoms with van der Waals surface area (Å²) in [5.41, 5.74) is 0.842. The molecule has 1 aliphatic rings. The maximum atomic E-state index is 12.3. The molecule has 0 unspecified atom stereocenters. The van der Waals surface area contributed by atoms with Gasteiger partial charge in [0.1, 0.15) is 0 Å². The summed E-state index contributed by atoms with van der Waals surface area (Å²) >= 11 is 7.81. The van der Waals surface area contributed by atoms with Gasteiger partial charge in [-0.3, -0.25) is 4.79 Å². The summed E-state index contributed by atoms with van der Waals surface area (Å²) in [5, 5.41) is 3.76. The summed E-state index contributed by atoms with van der Waals surface area (Å²) in [6.07, 6.45) is 3.03. The van der Waals surface area contributed by atoms with E-state index in [4.69, 9.17) is 11.6 Å². The van der Waals surface area contributed by atoms with Crippen molar-refractivity contribution in [3.05, 3.63) is 53.6 Å². The Morgan fingerprint density at radius 3 is 2.46 bits per heavy atom. The Balaban J connectivity index is 1.63. The smallest absolute Gasteiger partial charge is 0.225 e. The van der Waals surface area contributed by atoms with Crippen LogP contribution in [0, 0.1) is 0 Å². The zero-order valence-corrected chi connectivity index (χ0v) is 15.1. The van der Waals surface area contributed by atoms with E-state index in [0.29, 0.717) is 6.42 Å². The van der Waals surface area contributed by atoms with E-state index in [2.05, 4.69) is 10.2 Å². The van der Waals surface area contributed by atoms with Gasteiger partial charge in [0.15, 0.2) is 0 Å². The molecule has 1 saturated heterocycles. The molecule has 1 amide bonds. The monoisotopic (exact) mass is 360 g/mol. The highest BCUT2D eigenvalue weighted by Gasteiger charge is 2.14. The van der Waals surface area contributed by atoms with E-state index in [-0.39, 0.29) is 5.91 Å². The largest absolute Gasteiger partial charge is 0.325 e. The molecule has 0 bridgehead atoms. The number of carbonyl (C=O) groups is 1. The second-order valence-corrected chi connectivity index (χ2v) is 7.37. The van der Waals surface area contributed by atoms with Crippen LogP contribution in [0.4, 0.5) is 5.69 Å². The van der Waals surface area contributed by atoms with Gasteiger partial charge >= 0.3 is 0 Å². The minimum atomic E-state index is 0.0640. The highest BCUT2D eigenvalue weighted by molar-refractivity contribution is 7.99. The number of nitrogens with one attached hydrogen (secondary N) is 1. The third kappa shape index (κ3) is 4.76. The van der Waals surface area contributed by atoms with Crippen molar-refractivity contribution in [1.82, 2.24) is 4.90 Å². The van der Waals surface area contributed by atoms with Gasteiger partial charge in [-0.1, -0.05) is 47.6 Å². The summed E-state index contributed by atoms with van der Waals surface area (Å²) in [6.45, 7) is 3.07. The maximum absolute atomic E-state index is 12.3. The number of hydrogen-bond donors (Lipinski definition) is 1. The highest BCUT2D eigenvalue weighted by atomic mass is 35.5. The molecule has 0 spiro atoms. The first kappa shape index (κ1) is 17.3. The normalized spacial score (nSPS) is 14.7. The number of anilines is 1. The zero-order chi connectivity index (χ0) is 16.8. The number of para-hydroxylation sites is 1. The molecule has 0 aromatic heterocycles. The van der Waals surface area contributed by atoms with Gasteiger partial charge in [-0.15, -0.1) is 0 Å². The fourth-order valence-corrected chi connectivity index (χ4v) is 3.96. The standard InChI is InChI=1S/C19H21ClN2OS/c20-15-7-1-3-9-17(15)24-18-10-4-2-8-16(18)21-19(23)11-14-22-12-5-6-13-22/h1-4,7-10H,5-6,11-14H2,(H,21,23). The van der Waals surface area contributed by atoms with E-state index in [0.717, 1.165) is 40.1 Å². The molecule has 126 valence electrons. The lowest BCUT2D eigenvalue weighted by Gasteiger charge is -2.15. The predicted molar refractivity (Wildman–Crippen MR) is 101 cm³/mol. The van der Waals surface area contributed by atoms with Crippen LogP contribution in [0.3, 0.4) is 0 Å². The molecule has 3 nitrogen and oxygen atoms in total. The molecule has 2 aromatic carbocycles. The van der Waals surface area contributed by atoms with E-state index in [1.54, 1.807) is 11.8 Å². The Kier molecular flexibility index (Phi) is 6.18. The summed E-state index contributed by atoms with van der Waals surface area (Å²) in [5.74, 6) is 0.0640. The van der Waals surface area contributed by atoms with Gasteiger partial charge in [-0.25, -0.2) is 0 Å². The average Bonchev–Trinajstić information content (AvgIpc) is 3.10. The fraction of sp³-hybridized carbons (Fsp3) is 0.316. The van der Waals surface area contributed by atoms with E-state index < -0.39 is 0 Å². The van der Waals surface area contributed by atoms with Crippen molar-refractivity contribution in [3.8, 4) is 0 Å². The van der Waals surface area contributed by atoms with Gasteiger partial charge in [0.2, 0.25) is 5.91 Å². The third-order valence-electron chi connectivity index (χ3n) is 4.07. The maximum Gasteiger partial charge on any atom is 0.225 e. The van der Waals surface area contributed by atoms with Crippen molar-refractivity contribution in [1.29, 1.82) is 0 Å². The summed E-state index contributed by atoms with van der Waals surface area (Å²) in [4.78, 5) is 16.6. The molecule has 1 N–H and O–H groups in total. The van der Waals surface area contributed by atoms with Crippen LogP contribution in [0.5, 0.6) is 0 Å². The van der Waals surface area contributed by atoms with Crippen molar-refractivity contribution in [3.63, 3.8) is 0 Å². The van der Waals surface area contributed by atoms with E-state index in [1.807, 2.05) is 48.5 Å². The molecule has 0 aliphatic carbocycles. The molecule has 1 heterocycles. The topological polar surface area (TPSA) is 32.3 Å².